The first-order chi connectivity index (χ1) is 13.9. The maximum Gasteiger partial charge on any atom is 0.166 e. The number of allylic oxidation sites excluding steroid dienone is 3. The van der Waals surface area contributed by atoms with Gasteiger partial charge in [-0.15, -0.1) is 0 Å². The Morgan fingerprint density at radius 3 is 2.34 bits per heavy atom. The Hall–Kier alpha value is -3.08. The summed E-state index contributed by atoms with van der Waals surface area (Å²) in [7, 11) is 0. The molecule has 0 amide bonds. The van der Waals surface area contributed by atoms with Gasteiger partial charge < -0.3 is 5.73 Å². The van der Waals surface area contributed by atoms with E-state index in [0.717, 1.165) is 24.1 Å². The second kappa shape index (κ2) is 7.39. The Bertz CT molecular complexity index is 1040. The monoisotopic (exact) mass is 392 g/mol. The minimum atomic E-state index is -0.354. The van der Waals surface area contributed by atoms with Gasteiger partial charge in [-0.25, -0.2) is 13.8 Å². The van der Waals surface area contributed by atoms with Gasteiger partial charge >= 0.3 is 0 Å². The molecule has 0 radical (unpaired) electrons. The van der Waals surface area contributed by atoms with Crippen molar-refractivity contribution in [3.05, 3.63) is 89.2 Å². The second-order valence-corrected chi connectivity index (χ2v) is 7.89. The zero-order chi connectivity index (χ0) is 20.6. The van der Waals surface area contributed by atoms with Crippen molar-refractivity contribution in [1.29, 1.82) is 0 Å². The van der Waals surface area contributed by atoms with Gasteiger partial charge in [-0.2, -0.15) is 0 Å². The van der Waals surface area contributed by atoms with Crippen LogP contribution in [0.15, 0.2) is 76.9 Å². The highest BCUT2D eigenvalue weighted by Crippen LogP contribution is 2.54. The van der Waals surface area contributed by atoms with E-state index in [1.54, 1.807) is 30.5 Å². The minimum absolute atomic E-state index is 0.0335. The molecule has 2 aromatic carbocycles. The summed E-state index contributed by atoms with van der Waals surface area (Å²) in [6.07, 6.45) is 5.70. The lowest BCUT2D eigenvalue weighted by atomic mass is 9.66. The van der Waals surface area contributed by atoms with Crippen LogP contribution in [0, 0.1) is 23.0 Å². The highest BCUT2D eigenvalue weighted by Gasteiger charge is 2.48. The van der Waals surface area contributed by atoms with E-state index in [9.17, 15) is 13.6 Å². The minimum Gasteiger partial charge on any atom is -0.404 e. The summed E-state index contributed by atoms with van der Waals surface area (Å²) >= 11 is 0. The molecule has 2 aliphatic rings. The molecule has 3 nitrogen and oxygen atoms in total. The highest BCUT2D eigenvalue weighted by molar-refractivity contribution is 6.11. The van der Waals surface area contributed by atoms with Crippen LogP contribution in [0.4, 0.5) is 14.5 Å². The largest absolute Gasteiger partial charge is 0.404 e. The molecule has 0 aromatic heterocycles. The van der Waals surface area contributed by atoms with Crippen LogP contribution in [0.1, 0.15) is 36.5 Å². The maximum absolute atomic E-state index is 13.2. The highest BCUT2D eigenvalue weighted by atomic mass is 19.1. The molecule has 148 valence electrons. The summed E-state index contributed by atoms with van der Waals surface area (Å²) in [6, 6.07) is 11.7. The number of carbonyl (C=O) groups excluding carboxylic acids is 1. The van der Waals surface area contributed by atoms with Gasteiger partial charge in [-0.1, -0.05) is 12.5 Å². The van der Waals surface area contributed by atoms with E-state index in [1.807, 2.05) is 6.08 Å². The average Bonchev–Trinajstić information content (AvgIpc) is 3.05. The van der Waals surface area contributed by atoms with E-state index in [4.69, 9.17) is 5.73 Å². The zero-order valence-electron chi connectivity index (χ0n) is 16.2. The summed E-state index contributed by atoms with van der Waals surface area (Å²) in [4.78, 5) is 17.8. The fourth-order valence-corrected chi connectivity index (χ4v) is 4.48. The predicted octanol–water partition coefficient (Wildman–Crippen LogP) is 5.51. The Kier molecular flexibility index (Phi) is 4.91. The third-order valence-electron chi connectivity index (χ3n) is 6.13. The van der Waals surface area contributed by atoms with Crippen LogP contribution in [0.2, 0.25) is 0 Å². The molecule has 2 aromatic rings. The van der Waals surface area contributed by atoms with Crippen molar-refractivity contribution in [3.8, 4) is 0 Å². The molecule has 2 aliphatic carbocycles. The number of fused-ring (bicyclic) bond motifs is 1. The van der Waals surface area contributed by atoms with Gasteiger partial charge in [-0.05, 0) is 85.6 Å². The number of aliphatic imine (C=N–C) groups is 1. The van der Waals surface area contributed by atoms with Crippen molar-refractivity contribution >= 4 is 17.2 Å². The summed E-state index contributed by atoms with van der Waals surface area (Å²) in [5.41, 5.74) is 9.52. The molecule has 0 unspecified atom stereocenters. The quantitative estimate of drug-likeness (QED) is 0.700. The van der Waals surface area contributed by atoms with Crippen LogP contribution in [-0.2, 0) is 0 Å². The standard InChI is InChI=1S/C24H22F2N2O/c1-24-13-16(14-27)22(28-20-9-7-19(26)8-10-20)12-17(24)4-11-21(24)23(29)15-2-5-18(25)6-3-15/h2-3,5-10,12,14,21H,4,11,13,27H2,1H3/t21-,24+/m1/s1. The number of nitrogens with zero attached hydrogens (tertiary/aromatic N) is 1. The van der Waals surface area contributed by atoms with Gasteiger partial charge in [0.2, 0.25) is 0 Å². The predicted molar refractivity (Wildman–Crippen MR) is 110 cm³/mol. The lowest BCUT2D eigenvalue weighted by Crippen LogP contribution is -2.34. The molecule has 1 fully saturated rings. The van der Waals surface area contributed by atoms with Gasteiger partial charge in [-0.3, -0.25) is 4.79 Å². The molecule has 2 N–H and O–H groups in total. The van der Waals surface area contributed by atoms with Crippen molar-refractivity contribution in [2.24, 2.45) is 22.1 Å². The zero-order valence-corrected chi connectivity index (χ0v) is 16.2. The van der Waals surface area contributed by atoms with E-state index in [-0.39, 0.29) is 28.8 Å². The van der Waals surface area contributed by atoms with E-state index in [0.29, 0.717) is 17.7 Å². The molecule has 0 bridgehead atoms. The first-order valence-corrected chi connectivity index (χ1v) is 9.67. The number of benzene rings is 2. The molecular formula is C24H22F2N2O. The molecule has 2 atom stereocenters. The number of nitrogens with two attached hydrogens (primary N) is 1. The molecular weight excluding hydrogens is 370 g/mol. The topological polar surface area (TPSA) is 55.4 Å². The molecule has 0 spiro atoms. The third kappa shape index (κ3) is 3.53. The fraction of sp³-hybridized carbons (Fsp3) is 0.250. The number of ketones is 1. The summed E-state index contributed by atoms with van der Waals surface area (Å²) in [5.74, 6) is -0.823. The van der Waals surface area contributed by atoms with E-state index < -0.39 is 0 Å². The lowest BCUT2D eigenvalue weighted by molar-refractivity contribution is 0.0844. The van der Waals surface area contributed by atoms with E-state index in [1.165, 1.54) is 29.8 Å². The first-order valence-electron chi connectivity index (χ1n) is 9.67. The SMILES string of the molecule is C[C@]12CC(=CN)C(=Nc3ccc(F)cc3)C=C1CC[C@@H]2C(=O)c1ccc(F)cc1. The average molecular weight is 392 g/mol. The van der Waals surface area contributed by atoms with Gasteiger partial charge in [0.05, 0.1) is 11.4 Å². The van der Waals surface area contributed by atoms with Crippen molar-refractivity contribution in [1.82, 2.24) is 0 Å². The Morgan fingerprint density at radius 2 is 1.72 bits per heavy atom. The smallest absolute Gasteiger partial charge is 0.166 e. The van der Waals surface area contributed by atoms with Crippen molar-refractivity contribution < 1.29 is 13.6 Å². The second-order valence-electron chi connectivity index (χ2n) is 7.89. The maximum atomic E-state index is 13.2. The molecule has 29 heavy (non-hydrogen) atoms. The van der Waals surface area contributed by atoms with E-state index in [2.05, 4.69) is 11.9 Å². The number of hydrogen-bond donors (Lipinski definition) is 1. The van der Waals surface area contributed by atoms with Crippen LogP contribution in [-0.4, -0.2) is 11.5 Å². The van der Waals surface area contributed by atoms with Crippen LogP contribution in [0.3, 0.4) is 0 Å². The van der Waals surface area contributed by atoms with Crippen LogP contribution < -0.4 is 5.73 Å². The fourth-order valence-electron chi connectivity index (χ4n) is 4.48. The summed E-state index contributed by atoms with van der Waals surface area (Å²) in [5, 5.41) is 0. The molecule has 1 saturated carbocycles. The van der Waals surface area contributed by atoms with Crippen molar-refractivity contribution in [2.75, 3.05) is 0 Å². The molecule has 4 rings (SSSR count). The molecule has 0 aliphatic heterocycles. The Balaban J connectivity index is 1.68. The lowest BCUT2D eigenvalue weighted by Gasteiger charge is -2.36. The first kappa shape index (κ1) is 19.2. The normalized spacial score (nSPS) is 26.4. The van der Waals surface area contributed by atoms with Crippen LogP contribution >= 0.6 is 0 Å². The number of hydrogen-bond acceptors (Lipinski definition) is 3. The summed E-state index contributed by atoms with van der Waals surface area (Å²) < 4.78 is 26.4. The number of halogens is 2. The number of carbonyl (C=O) groups is 1. The number of Topliss-reactive ketones (excluding diaryl/α,β-unsaturated/α-hetero) is 1. The Morgan fingerprint density at radius 1 is 1.10 bits per heavy atom. The van der Waals surface area contributed by atoms with Crippen LogP contribution in [0.5, 0.6) is 0 Å². The van der Waals surface area contributed by atoms with Crippen LogP contribution in [0.25, 0.3) is 0 Å². The van der Waals surface area contributed by atoms with Gasteiger partial charge in [0.25, 0.3) is 0 Å². The van der Waals surface area contributed by atoms with Gasteiger partial charge in [0.1, 0.15) is 11.6 Å². The van der Waals surface area contributed by atoms with Crippen molar-refractivity contribution in [2.45, 2.75) is 26.2 Å². The molecule has 0 heterocycles. The van der Waals surface area contributed by atoms with Gasteiger partial charge in [0.15, 0.2) is 5.78 Å². The van der Waals surface area contributed by atoms with E-state index >= 15 is 0 Å². The molecule has 5 heteroatoms. The Labute approximate surface area is 168 Å². The van der Waals surface area contributed by atoms with Crippen molar-refractivity contribution in [3.63, 3.8) is 0 Å². The van der Waals surface area contributed by atoms with Gasteiger partial charge in [0, 0.05) is 16.9 Å². The number of rotatable bonds is 3. The summed E-state index contributed by atoms with van der Waals surface area (Å²) in [6.45, 7) is 2.09. The molecule has 0 saturated heterocycles. The third-order valence-corrected chi connectivity index (χ3v) is 6.13.